The number of nitrogens with one attached hydrogen (secondary N) is 1. The van der Waals surface area contributed by atoms with E-state index in [9.17, 15) is 9.59 Å². The Labute approximate surface area is 180 Å². The van der Waals surface area contributed by atoms with Gasteiger partial charge in [0.25, 0.3) is 5.91 Å². The van der Waals surface area contributed by atoms with Gasteiger partial charge in [0.15, 0.2) is 6.61 Å². The highest BCUT2D eigenvalue weighted by Gasteiger charge is 2.26. The fourth-order valence-corrected chi connectivity index (χ4v) is 3.12. The van der Waals surface area contributed by atoms with Crippen LogP contribution in [0.2, 0.25) is 0 Å². The maximum Gasteiger partial charge on any atom is 0.261 e. The van der Waals surface area contributed by atoms with Crippen LogP contribution in [0.1, 0.15) is 43.9 Å². The van der Waals surface area contributed by atoms with Crippen molar-refractivity contribution < 1.29 is 14.3 Å². The van der Waals surface area contributed by atoms with Crippen molar-refractivity contribution in [2.75, 3.05) is 13.2 Å². The summed E-state index contributed by atoms with van der Waals surface area (Å²) in [4.78, 5) is 27.4. The van der Waals surface area contributed by atoms with Crippen LogP contribution in [-0.4, -0.2) is 41.9 Å². The fourth-order valence-electron chi connectivity index (χ4n) is 3.12. The molecular weight excluding hydrogens is 376 g/mol. The highest BCUT2D eigenvalue weighted by molar-refractivity contribution is 5.88. The Kier molecular flexibility index (Phi) is 8.90. The van der Waals surface area contributed by atoms with E-state index in [1.807, 2.05) is 76.2 Å². The van der Waals surface area contributed by atoms with Crippen LogP contribution in [0.3, 0.4) is 0 Å². The highest BCUT2D eigenvalue weighted by atomic mass is 16.5. The first-order valence-electron chi connectivity index (χ1n) is 10.7. The van der Waals surface area contributed by atoms with Gasteiger partial charge in [-0.1, -0.05) is 49.4 Å². The van der Waals surface area contributed by atoms with E-state index in [2.05, 4.69) is 5.32 Å². The molecule has 0 aliphatic heterocycles. The predicted molar refractivity (Wildman–Crippen MR) is 121 cm³/mol. The summed E-state index contributed by atoms with van der Waals surface area (Å²) in [6.07, 6.45) is 1.52. The zero-order valence-corrected chi connectivity index (χ0v) is 18.8. The zero-order chi connectivity index (χ0) is 22.1. The lowest BCUT2D eigenvalue weighted by molar-refractivity contribution is -0.141. The average Bonchev–Trinajstić information content (AvgIpc) is 2.74. The SMILES string of the molecule is CCC(C)NC(=O)C(C)N(CCc1ccccc1)C(=O)COc1cc(C)ccc1C. The van der Waals surface area contributed by atoms with Crippen molar-refractivity contribution in [3.05, 3.63) is 65.2 Å². The van der Waals surface area contributed by atoms with Gasteiger partial charge in [0.05, 0.1) is 0 Å². The summed E-state index contributed by atoms with van der Waals surface area (Å²) < 4.78 is 5.82. The van der Waals surface area contributed by atoms with E-state index in [-0.39, 0.29) is 24.5 Å². The van der Waals surface area contributed by atoms with Gasteiger partial charge in [-0.3, -0.25) is 9.59 Å². The minimum Gasteiger partial charge on any atom is -0.483 e. The Bertz CT molecular complexity index is 836. The normalized spacial score (nSPS) is 12.7. The molecule has 5 heteroatoms. The van der Waals surface area contributed by atoms with Gasteiger partial charge >= 0.3 is 0 Å². The van der Waals surface area contributed by atoms with E-state index in [4.69, 9.17) is 4.74 Å². The third-order valence-corrected chi connectivity index (χ3v) is 5.35. The van der Waals surface area contributed by atoms with Gasteiger partial charge < -0.3 is 15.0 Å². The Morgan fingerprint density at radius 2 is 1.77 bits per heavy atom. The van der Waals surface area contributed by atoms with Gasteiger partial charge in [-0.2, -0.15) is 0 Å². The topological polar surface area (TPSA) is 58.6 Å². The first kappa shape index (κ1) is 23.5. The molecule has 1 N–H and O–H groups in total. The number of amides is 2. The highest BCUT2D eigenvalue weighted by Crippen LogP contribution is 2.19. The summed E-state index contributed by atoms with van der Waals surface area (Å²) in [6.45, 7) is 10.1. The van der Waals surface area contributed by atoms with Crippen molar-refractivity contribution in [1.82, 2.24) is 10.2 Å². The molecular formula is C25H34N2O3. The molecule has 0 saturated heterocycles. The molecule has 0 heterocycles. The molecule has 0 aliphatic carbocycles. The number of nitrogens with zero attached hydrogens (tertiary/aromatic N) is 1. The maximum absolute atomic E-state index is 13.1. The predicted octanol–water partition coefficient (Wildman–Crippen LogP) is 4.06. The molecule has 0 radical (unpaired) electrons. The van der Waals surface area contributed by atoms with Crippen molar-refractivity contribution in [1.29, 1.82) is 0 Å². The summed E-state index contributed by atoms with van der Waals surface area (Å²) in [5, 5.41) is 2.98. The molecule has 0 spiro atoms. The molecule has 5 nitrogen and oxygen atoms in total. The van der Waals surface area contributed by atoms with Crippen molar-refractivity contribution in [3.8, 4) is 5.75 Å². The lowest BCUT2D eigenvalue weighted by atomic mass is 10.1. The van der Waals surface area contributed by atoms with E-state index in [1.54, 1.807) is 11.8 Å². The van der Waals surface area contributed by atoms with Crippen LogP contribution < -0.4 is 10.1 Å². The first-order chi connectivity index (χ1) is 14.3. The second-order valence-corrected chi connectivity index (χ2v) is 7.87. The van der Waals surface area contributed by atoms with Crippen molar-refractivity contribution in [2.45, 2.75) is 59.5 Å². The van der Waals surface area contributed by atoms with Gasteiger partial charge in [0.1, 0.15) is 11.8 Å². The van der Waals surface area contributed by atoms with Crippen LogP contribution in [0, 0.1) is 13.8 Å². The molecule has 162 valence electrons. The molecule has 0 aliphatic rings. The van der Waals surface area contributed by atoms with E-state index < -0.39 is 6.04 Å². The number of aryl methyl sites for hydroxylation is 2. The van der Waals surface area contributed by atoms with Crippen LogP contribution in [0.4, 0.5) is 0 Å². The van der Waals surface area contributed by atoms with E-state index in [1.165, 1.54) is 0 Å². The molecule has 0 saturated carbocycles. The molecule has 0 aromatic heterocycles. The van der Waals surface area contributed by atoms with Crippen LogP contribution in [0.25, 0.3) is 0 Å². The number of hydrogen-bond acceptors (Lipinski definition) is 3. The van der Waals surface area contributed by atoms with Crippen molar-refractivity contribution >= 4 is 11.8 Å². The summed E-state index contributed by atoms with van der Waals surface area (Å²) in [5.41, 5.74) is 3.18. The second kappa shape index (κ2) is 11.4. The summed E-state index contributed by atoms with van der Waals surface area (Å²) in [7, 11) is 0. The third kappa shape index (κ3) is 6.90. The van der Waals surface area contributed by atoms with Gasteiger partial charge in [-0.15, -0.1) is 0 Å². The summed E-state index contributed by atoms with van der Waals surface area (Å²) in [5.74, 6) is 0.360. The molecule has 2 aromatic rings. The number of carbonyl (C=O) groups is 2. The standard InChI is InChI=1S/C25H34N2O3/c1-6-20(4)26-25(29)21(5)27(15-14-22-10-8-7-9-11-22)24(28)17-30-23-16-18(2)12-13-19(23)3/h7-13,16,20-21H,6,14-15,17H2,1-5H3,(H,26,29). The number of ether oxygens (including phenoxy) is 1. The van der Waals surface area contributed by atoms with Crippen LogP contribution >= 0.6 is 0 Å². The Morgan fingerprint density at radius 3 is 2.43 bits per heavy atom. The first-order valence-corrected chi connectivity index (χ1v) is 10.7. The third-order valence-electron chi connectivity index (χ3n) is 5.35. The van der Waals surface area contributed by atoms with E-state index >= 15 is 0 Å². The fraction of sp³-hybridized carbons (Fsp3) is 0.440. The minimum atomic E-state index is -0.572. The lowest BCUT2D eigenvalue weighted by Crippen LogP contribution is -2.51. The molecule has 2 unspecified atom stereocenters. The average molecular weight is 411 g/mol. The molecule has 30 heavy (non-hydrogen) atoms. The number of rotatable bonds is 10. The lowest BCUT2D eigenvalue weighted by Gasteiger charge is -2.29. The van der Waals surface area contributed by atoms with Crippen LogP contribution in [-0.2, 0) is 16.0 Å². The van der Waals surface area contributed by atoms with Crippen molar-refractivity contribution in [3.63, 3.8) is 0 Å². The molecule has 2 aromatic carbocycles. The molecule has 2 atom stereocenters. The number of carbonyl (C=O) groups excluding carboxylic acids is 2. The Balaban J connectivity index is 2.10. The molecule has 2 rings (SSSR count). The Morgan fingerprint density at radius 1 is 1.07 bits per heavy atom. The quantitative estimate of drug-likeness (QED) is 0.643. The van der Waals surface area contributed by atoms with Gasteiger partial charge in [0, 0.05) is 12.6 Å². The minimum absolute atomic E-state index is 0.0669. The molecule has 2 amide bonds. The molecule has 0 bridgehead atoms. The Hall–Kier alpha value is -2.82. The number of hydrogen-bond donors (Lipinski definition) is 1. The largest absolute Gasteiger partial charge is 0.483 e. The van der Waals surface area contributed by atoms with Gasteiger partial charge in [-0.05, 0) is 63.3 Å². The van der Waals surface area contributed by atoms with Gasteiger partial charge in [-0.25, -0.2) is 0 Å². The smallest absolute Gasteiger partial charge is 0.261 e. The summed E-state index contributed by atoms with van der Waals surface area (Å²) in [6, 6.07) is 15.4. The number of benzene rings is 2. The van der Waals surface area contributed by atoms with Crippen LogP contribution in [0.5, 0.6) is 5.75 Å². The van der Waals surface area contributed by atoms with Crippen molar-refractivity contribution in [2.24, 2.45) is 0 Å². The van der Waals surface area contributed by atoms with E-state index in [0.29, 0.717) is 18.7 Å². The van der Waals surface area contributed by atoms with Gasteiger partial charge in [0.2, 0.25) is 5.91 Å². The zero-order valence-electron chi connectivity index (χ0n) is 18.8. The maximum atomic E-state index is 13.1. The second-order valence-electron chi connectivity index (χ2n) is 7.87. The van der Waals surface area contributed by atoms with E-state index in [0.717, 1.165) is 23.1 Å². The molecule has 0 fully saturated rings. The van der Waals surface area contributed by atoms with Crippen LogP contribution in [0.15, 0.2) is 48.5 Å². The monoisotopic (exact) mass is 410 g/mol. The summed E-state index contributed by atoms with van der Waals surface area (Å²) >= 11 is 0.